The first kappa shape index (κ1) is 67.9. The highest BCUT2D eigenvalue weighted by atomic mass is 32.2. The number of amides is 4. The quantitative estimate of drug-likeness (QED) is 0.0249. The maximum Gasteiger partial charge on any atom is 0.407 e. The molecular formula is C53H105N4O11PS. The van der Waals surface area contributed by atoms with E-state index in [9.17, 15) is 29.0 Å². The molecule has 0 aromatic rings. The second kappa shape index (κ2) is 51.8. The standard InChI is InChI=1S/C53H105N4O11PS/c1-5-8-11-14-17-20-21-22-23-24-25-28-31-34-50(58)57-49(51(59)54-37-38-64-39-40-65-41-42-66-43-44-69(4,62)63)47-70-46-48(68-53(61)56-36-33-30-27-19-16-13-10-7-3)45-67-52(60)55-35-32-29-26-18-15-12-9-6-2/h48-49,62-63H,4-47H2,1-3H3,(H,54,59)(H,55,60)(H,56,61)(H,57,58)/t48-,49+/m1/s1. The van der Waals surface area contributed by atoms with E-state index in [0.717, 1.165) is 57.8 Å². The molecule has 0 saturated carbocycles. The van der Waals surface area contributed by atoms with Gasteiger partial charge >= 0.3 is 12.2 Å². The third-order valence-electron chi connectivity index (χ3n) is 11.9. The smallest absolute Gasteiger partial charge is 0.407 e. The Hall–Kier alpha value is -2.07. The van der Waals surface area contributed by atoms with Gasteiger partial charge < -0.3 is 54.7 Å². The highest BCUT2D eigenvalue weighted by Gasteiger charge is 2.23. The fraction of sp³-hybridized carbons (Fsp3) is 0.906. The van der Waals surface area contributed by atoms with Gasteiger partial charge in [0.1, 0.15) is 26.1 Å². The molecule has 0 rings (SSSR count). The molecule has 0 spiro atoms. The van der Waals surface area contributed by atoms with Crippen LogP contribution in [0.5, 0.6) is 0 Å². The fourth-order valence-corrected chi connectivity index (χ4v) is 9.07. The third kappa shape index (κ3) is 50.9. The number of carbonyl (C=O) groups excluding carboxylic acids is 4. The van der Waals surface area contributed by atoms with Gasteiger partial charge in [-0.3, -0.25) is 9.59 Å². The second-order valence-corrected chi connectivity index (χ2v) is 22.1. The first-order valence-electron chi connectivity index (χ1n) is 27.9. The molecular weight excluding hydrogens is 932 g/mol. The minimum atomic E-state index is -3.09. The van der Waals surface area contributed by atoms with Crippen molar-refractivity contribution in [1.82, 2.24) is 21.3 Å². The molecule has 2 atom stereocenters. The van der Waals surface area contributed by atoms with Crippen molar-refractivity contribution in [2.45, 2.75) is 226 Å². The molecule has 6 N–H and O–H groups in total. The first-order chi connectivity index (χ1) is 34.0. The van der Waals surface area contributed by atoms with Crippen LogP contribution in [-0.2, 0) is 33.3 Å². The van der Waals surface area contributed by atoms with Gasteiger partial charge in [-0.05, 0) is 19.3 Å². The van der Waals surface area contributed by atoms with Gasteiger partial charge in [0, 0.05) is 43.7 Å². The zero-order valence-corrected chi connectivity index (χ0v) is 46.4. The van der Waals surface area contributed by atoms with Gasteiger partial charge in [0.2, 0.25) is 11.8 Å². The van der Waals surface area contributed by atoms with Gasteiger partial charge in [0.05, 0.1) is 39.6 Å². The number of unbranched alkanes of at least 4 members (excludes halogenated alkanes) is 26. The highest BCUT2D eigenvalue weighted by Crippen LogP contribution is 2.32. The molecule has 17 heteroatoms. The first-order valence-corrected chi connectivity index (χ1v) is 31.1. The van der Waals surface area contributed by atoms with Gasteiger partial charge in [-0.25, -0.2) is 9.59 Å². The van der Waals surface area contributed by atoms with Crippen LogP contribution in [0.25, 0.3) is 0 Å². The third-order valence-corrected chi connectivity index (χ3v) is 14.0. The summed E-state index contributed by atoms with van der Waals surface area (Å²) in [6, 6.07) is -0.845. The molecule has 0 aromatic carbocycles. The zero-order valence-electron chi connectivity index (χ0n) is 44.7. The van der Waals surface area contributed by atoms with Gasteiger partial charge in [-0.1, -0.05) is 194 Å². The lowest BCUT2D eigenvalue weighted by molar-refractivity contribution is -0.128. The van der Waals surface area contributed by atoms with Crippen LogP contribution in [0.1, 0.15) is 213 Å². The van der Waals surface area contributed by atoms with Gasteiger partial charge in [-0.2, -0.15) is 11.8 Å². The monoisotopic (exact) mass is 1040 g/mol. The van der Waals surface area contributed by atoms with Crippen molar-refractivity contribution < 1.29 is 52.6 Å². The topological polar surface area (TPSA) is 203 Å². The van der Waals surface area contributed by atoms with E-state index in [4.69, 9.17) is 23.7 Å². The predicted octanol–water partition coefficient (Wildman–Crippen LogP) is 11.2. The van der Waals surface area contributed by atoms with Crippen molar-refractivity contribution in [2.75, 3.05) is 83.6 Å². The van der Waals surface area contributed by atoms with E-state index in [2.05, 4.69) is 48.3 Å². The van der Waals surface area contributed by atoms with Crippen LogP contribution in [0.2, 0.25) is 0 Å². The Morgan fingerprint density at radius 1 is 0.500 bits per heavy atom. The summed E-state index contributed by atoms with van der Waals surface area (Å²) in [6.07, 6.45) is 36.0. The SMILES string of the molecule is C=P(O)(O)CCOCCOCCOCCNC(=O)[C@H](CSC[C@@H](COC(=O)NCCCCCCCCCC)OC(=O)NCCCCCCCCCC)NC(=O)CCCCCCCCCCCCCCC. The van der Waals surface area contributed by atoms with Crippen LogP contribution in [0, 0.1) is 0 Å². The molecule has 0 aliphatic carbocycles. The summed E-state index contributed by atoms with van der Waals surface area (Å²) in [5.74, 6) is -0.0825. The molecule has 0 saturated heterocycles. The molecule has 414 valence electrons. The highest BCUT2D eigenvalue weighted by molar-refractivity contribution is 7.99. The van der Waals surface area contributed by atoms with Crippen LogP contribution in [0.4, 0.5) is 9.59 Å². The number of thioether (sulfide) groups is 1. The minimum Gasteiger partial charge on any atom is -0.446 e. The van der Waals surface area contributed by atoms with Crippen molar-refractivity contribution in [1.29, 1.82) is 0 Å². The number of nitrogens with one attached hydrogen (secondary N) is 4. The molecule has 0 radical (unpaired) electrons. The Labute approximate surface area is 430 Å². The summed E-state index contributed by atoms with van der Waals surface area (Å²) in [5, 5.41) is 11.5. The van der Waals surface area contributed by atoms with E-state index < -0.39 is 31.7 Å². The zero-order chi connectivity index (χ0) is 51.4. The molecule has 0 heterocycles. The maximum atomic E-state index is 13.5. The van der Waals surface area contributed by atoms with Crippen molar-refractivity contribution in [2.24, 2.45) is 0 Å². The Bertz CT molecular complexity index is 1270. The van der Waals surface area contributed by atoms with E-state index in [1.807, 2.05) is 0 Å². The Morgan fingerprint density at radius 3 is 1.39 bits per heavy atom. The lowest BCUT2D eigenvalue weighted by Crippen LogP contribution is -2.49. The Balaban J connectivity index is 5.19. The van der Waals surface area contributed by atoms with Crippen molar-refractivity contribution in [3.05, 3.63) is 0 Å². The van der Waals surface area contributed by atoms with Crippen LogP contribution >= 0.6 is 19.1 Å². The number of alkyl carbamates (subject to hydrolysis) is 2. The lowest BCUT2D eigenvalue weighted by atomic mass is 10.0. The summed E-state index contributed by atoms with van der Waals surface area (Å²) in [6.45, 7) is 9.44. The van der Waals surface area contributed by atoms with Gasteiger partial charge in [0.15, 0.2) is 0 Å². The number of carbonyl (C=O) groups is 4. The van der Waals surface area contributed by atoms with Crippen molar-refractivity contribution in [3.63, 3.8) is 0 Å². The Kier molecular flexibility index (Phi) is 50.3. The average molecular weight is 1040 g/mol. The normalized spacial score (nSPS) is 12.4. The maximum absolute atomic E-state index is 13.5. The number of hydrogen-bond donors (Lipinski definition) is 6. The summed E-state index contributed by atoms with van der Waals surface area (Å²) in [4.78, 5) is 71.0. The van der Waals surface area contributed by atoms with Crippen LogP contribution in [0.3, 0.4) is 0 Å². The summed E-state index contributed by atoms with van der Waals surface area (Å²) in [5.41, 5.74) is 0. The summed E-state index contributed by atoms with van der Waals surface area (Å²) in [7, 11) is -3.09. The van der Waals surface area contributed by atoms with Crippen LogP contribution < -0.4 is 21.3 Å². The molecule has 15 nitrogen and oxygen atoms in total. The van der Waals surface area contributed by atoms with Gasteiger partial charge in [-0.15, -0.1) is 0 Å². The average Bonchev–Trinajstić information content (AvgIpc) is 3.33. The molecule has 4 amide bonds. The number of hydrogen-bond acceptors (Lipinski definition) is 12. The van der Waals surface area contributed by atoms with Crippen molar-refractivity contribution in [3.8, 4) is 0 Å². The molecule has 0 fully saturated rings. The van der Waals surface area contributed by atoms with Crippen LogP contribution in [-0.4, -0.2) is 136 Å². The van der Waals surface area contributed by atoms with Gasteiger partial charge in [0.25, 0.3) is 0 Å². The molecule has 0 aromatic heterocycles. The summed E-state index contributed by atoms with van der Waals surface area (Å²) >= 11 is 1.34. The largest absolute Gasteiger partial charge is 0.446 e. The number of rotatable bonds is 53. The molecule has 0 bridgehead atoms. The molecule has 0 unspecified atom stereocenters. The van der Waals surface area contributed by atoms with Crippen LogP contribution in [0.15, 0.2) is 0 Å². The van der Waals surface area contributed by atoms with E-state index in [-0.39, 0.29) is 55.8 Å². The summed E-state index contributed by atoms with van der Waals surface area (Å²) < 4.78 is 27.7. The van der Waals surface area contributed by atoms with E-state index in [1.165, 1.54) is 140 Å². The second-order valence-electron chi connectivity index (χ2n) is 18.8. The lowest BCUT2D eigenvalue weighted by Gasteiger charge is -2.21. The van der Waals surface area contributed by atoms with E-state index in [1.54, 1.807) is 0 Å². The fourth-order valence-electron chi connectivity index (χ4n) is 7.62. The minimum absolute atomic E-state index is 0.103. The van der Waals surface area contributed by atoms with Crippen molar-refractivity contribution >= 4 is 49.4 Å². The molecule has 0 aliphatic rings. The number of ether oxygens (including phenoxy) is 5. The van der Waals surface area contributed by atoms with E-state index >= 15 is 0 Å². The molecule has 70 heavy (non-hydrogen) atoms. The molecule has 0 aliphatic heterocycles. The Morgan fingerprint density at radius 2 is 0.914 bits per heavy atom. The van der Waals surface area contributed by atoms with E-state index in [0.29, 0.717) is 45.9 Å². The predicted molar refractivity (Wildman–Crippen MR) is 291 cm³/mol.